The summed E-state index contributed by atoms with van der Waals surface area (Å²) in [6, 6.07) is 34.8. The Labute approximate surface area is 233 Å². The zero-order valence-electron chi connectivity index (χ0n) is 20.1. The molecule has 2 aliphatic carbocycles. The number of hydrogen-bond acceptors (Lipinski definition) is 0. The van der Waals surface area contributed by atoms with Crippen LogP contribution in [0, 0.1) is 0 Å². The monoisotopic (exact) mass is 678 g/mol. The van der Waals surface area contributed by atoms with E-state index in [0.29, 0.717) is 7.35 Å². The Kier molecular flexibility index (Phi) is 6.81. The van der Waals surface area contributed by atoms with Crippen molar-refractivity contribution in [3.05, 3.63) is 107 Å². The van der Waals surface area contributed by atoms with E-state index < -0.39 is 31.0 Å². The largest absolute Gasteiger partial charge is 1.00 e. The molecule has 4 heteroatoms. The van der Waals surface area contributed by atoms with Gasteiger partial charge in [-0.3, -0.25) is 0 Å². The van der Waals surface area contributed by atoms with Crippen LogP contribution in [0.1, 0.15) is 49.4 Å². The molecule has 35 heavy (non-hydrogen) atoms. The minimum atomic E-state index is -1.90. The second kappa shape index (κ2) is 9.45. The fraction of sp³-hybridized carbons (Fsp3) is 0.226. The summed E-state index contributed by atoms with van der Waals surface area (Å²) in [4.78, 5) is 0. The molecule has 0 aromatic heterocycles. The normalized spacial score (nSPS) is 21.4. The Morgan fingerprint density at radius 3 is 1.57 bits per heavy atom. The molecular weight excluding hydrogens is 650 g/mol. The van der Waals surface area contributed by atoms with E-state index in [1.165, 1.54) is 30.0 Å². The molecular formula is C31H28Cl2HfSi. The minimum absolute atomic E-state index is 0. The molecule has 174 valence electrons. The van der Waals surface area contributed by atoms with Gasteiger partial charge in [-0.2, -0.15) is 0 Å². The molecule has 0 saturated carbocycles. The molecule has 0 N–H and O–H groups in total. The van der Waals surface area contributed by atoms with Gasteiger partial charge >= 0.3 is 210 Å². The predicted octanol–water partition coefficient (Wildman–Crippen LogP) is 0.923. The number of fused-ring (bicyclic) bond motifs is 6. The van der Waals surface area contributed by atoms with E-state index in [-0.39, 0.29) is 24.8 Å². The van der Waals surface area contributed by atoms with Crippen LogP contribution in [-0.4, -0.2) is 8.07 Å². The van der Waals surface area contributed by atoms with E-state index in [0.717, 1.165) is 0 Å². The average molecular weight is 678 g/mol. The van der Waals surface area contributed by atoms with Gasteiger partial charge in [0, 0.05) is 0 Å². The van der Waals surface area contributed by atoms with E-state index in [1.54, 1.807) is 43.8 Å². The summed E-state index contributed by atoms with van der Waals surface area (Å²) in [6.07, 6.45) is 2.60. The Balaban J connectivity index is 0.00000127. The Hall–Kier alpha value is -1.45. The molecule has 7 rings (SSSR count). The van der Waals surface area contributed by atoms with Gasteiger partial charge in [-0.1, -0.05) is 0 Å². The number of unbranched alkanes of at least 4 members (excludes halogenated alkanes) is 1. The molecule has 0 fully saturated rings. The zero-order valence-corrected chi connectivity index (χ0v) is 26.2. The fourth-order valence-corrected chi connectivity index (χ4v) is 20.3. The van der Waals surface area contributed by atoms with Gasteiger partial charge in [-0.05, 0) is 0 Å². The average Bonchev–Trinajstić information content (AvgIpc) is 3.35. The van der Waals surface area contributed by atoms with E-state index in [4.69, 9.17) is 0 Å². The van der Waals surface area contributed by atoms with Crippen LogP contribution in [0.2, 0.25) is 12.6 Å². The van der Waals surface area contributed by atoms with Crippen LogP contribution >= 0.6 is 0 Å². The van der Waals surface area contributed by atoms with Gasteiger partial charge < -0.3 is 24.8 Å². The fourth-order valence-electron chi connectivity index (χ4n) is 6.94. The minimum Gasteiger partial charge on any atom is -1.00 e. The maximum Gasteiger partial charge on any atom is -1.00 e. The van der Waals surface area contributed by atoms with Crippen molar-refractivity contribution < 1.29 is 47.7 Å². The van der Waals surface area contributed by atoms with Gasteiger partial charge in [0.15, 0.2) is 0 Å². The molecule has 2 unspecified atom stereocenters. The topological polar surface area (TPSA) is 0 Å². The number of rotatable bonds is 3. The summed E-state index contributed by atoms with van der Waals surface area (Å²) in [5.74, 6) is 0. The molecule has 0 nitrogen and oxygen atoms in total. The number of hydrogen-bond donors (Lipinski definition) is 0. The van der Waals surface area contributed by atoms with E-state index in [1.807, 2.05) is 0 Å². The van der Waals surface area contributed by atoms with Gasteiger partial charge in [0.2, 0.25) is 0 Å². The number of halogens is 2. The van der Waals surface area contributed by atoms with Crippen molar-refractivity contribution in [2.24, 2.45) is 0 Å². The van der Waals surface area contributed by atoms with Crippen LogP contribution < -0.4 is 35.2 Å². The van der Waals surface area contributed by atoms with Crippen LogP contribution in [0.15, 0.2) is 84.9 Å². The maximum atomic E-state index is 2.70. The van der Waals surface area contributed by atoms with Crippen LogP contribution in [0.25, 0.3) is 22.3 Å². The van der Waals surface area contributed by atoms with Crippen LogP contribution in [0.3, 0.4) is 0 Å². The molecule has 0 saturated heterocycles. The SMILES string of the molecule is CCCC[Si]1(C)c2cccc3c2[CH]([Hf+2][CH]2c4ccccc4-c4cccc1c42)c1ccccc1-3.[Cl-].[Cl-]. The van der Waals surface area contributed by atoms with Crippen molar-refractivity contribution in [3.8, 4) is 22.3 Å². The van der Waals surface area contributed by atoms with Crippen molar-refractivity contribution in [2.45, 2.75) is 39.7 Å². The zero-order chi connectivity index (χ0) is 22.2. The molecule has 3 aliphatic rings. The maximum absolute atomic E-state index is 2.70. The molecule has 2 atom stereocenters. The molecule has 4 aromatic rings. The van der Waals surface area contributed by atoms with Crippen molar-refractivity contribution in [1.82, 2.24) is 0 Å². The smallest absolute Gasteiger partial charge is 1.00 e. The quantitative estimate of drug-likeness (QED) is 0.284. The van der Waals surface area contributed by atoms with Gasteiger partial charge in [-0.15, -0.1) is 0 Å². The van der Waals surface area contributed by atoms with Crippen molar-refractivity contribution in [2.75, 3.05) is 0 Å². The third kappa shape index (κ3) is 3.47. The molecule has 0 amide bonds. The Bertz CT molecular complexity index is 1330. The van der Waals surface area contributed by atoms with E-state index in [2.05, 4.69) is 98.4 Å². The first-order chi connectivity index (χ1) is 16.2. The molecule has 1 heterocycles. The van der Waals surface area contributed by atoms with Crippen molar-refractivity contribution in [3.63, 3.8) is 0 Å². The van der Waals surface area contributed by atoms with Crippen molar-refractivity contribution >= 4 is 18.4 Å². The van der Waals surface area contributed by atoms with Gasteiger partial charge in [0.1, 0.15) is 0 Å². The summed E-state index contributed by atoms with van der Waals surface area (Å²) in [5, 5.41) is 3.51. The third-order valence-electron chi connectivity index (χ3n) is 8.47. The van der Waals surface area contributed by atoms with Crippen molar-refractivity contribution in [1.29, 1.82) is 0 Å². The third-order valence-corrected chi connectivity index (χ3v) is 19.8. The molecule has 1 aliphatic heterocycles. The molecule has 0 radical (unpaired) electrons. The van der Waals surface area contributed by atoms with Gasteiger partial charge in [-0.25, -0.2) is 0 Å². The first-order valence-electron chi connectivity index (χ1n) is 12.4. The molecule has 0 spiro atoms. The summed E-state index contributed by atoms with van der Waals surface area (Å²) in [6.45, 7) is 5.06. The Morgan fingerprint density at radius 1 is 0.629 bits per heavy atom. The van der Waals surface area contributed by atoms with Crippen LogP contribution in [0.4, 0.5) is 0 Å². The summed E-state index contributed by atoms with van der Waals surface area (Å²) >= 11 is -1.17. The van der Waals surface area contributed by atoms with Gasteiger partial charge in [0.05, 0.1) is 0 Å². The van der Waals surface area contributed by atoms with Crippen LogP contribution in [0.5, 0.6) is 0 Å². The van der Waals surface area contributed by atoms with E-state index in [9.17, 15) is 0 Å². The van der Waals surface area contributed by atoms with E-state index >= 15 is 0 Å². The number of benzene rings is 4. The van der Waals surface area contributed by atoms with Gasteiger partial charge in [0.25, 0.3) is 0 Å². The molecule has 0 bridgehead atoms. The summed E-state index contributed by atoms with van der Waals surface area (Å²) in [5.41, 5.74) is 13.0. The standard InChI is InChI=1S/C31H28Si.2ClH.Hf/c1-3-4-19-32(2,30-17-9-15-26-24-13-7-5-11-22(24)20-28(26)30)31-18-10-16-27-25-14-8-6-12-23(25)21-29(27)31;;;/h5-18,20-21H,3-4,19H2,1-2H3;2*1H;/q;;;+2/p-2. The summed E-state index contributed by atoms with van der Waals surface area (Å²) < 4.78 is 1.39. The second-order valence-electron chi connectivity index (χ2n) is 10.2. The predicted molar refractivity (Wildman–Crippen MR) is 138 cm³/mol. The first kappa shape index (κ1) is 25.2. The first-order valence-corrected chi connectivity index (χ1v) is 19.3. The van der Waals surface area contributed by atoms with Crippen LogP contribution in [-0.2, 0) is 22.9 Å². The summed E-state index contributed by atoms with van der Waals surface area (Å²) in [7, 11) is -1.90. The molecule has 4 aromatic carbocycles. The second-order valence-corrected chi connectivity index (χ2v) is 19.8. The Morgan fingerprint density at radius 2 is 1.09 bits per heavy atom.